The molecule has 0 atom stereocenters. The molecule has 0 aromatic carbocycles. The van der Waals surface area contributed by atoms with Crippen LogP contribution in [0.25, 0.3) is 0 Å². The highest BCUT2D eigenvalue weighted by atomic mass is 16.2. The van der Waals surface area contributed by atoms with Gasteiger partial charge in [-0.25, -0.2) is 0 Å². The molecular weight excluding hydrogens is 264 g/mol. The summed E-state index contributed by atoms with van der Waals surface area (Å²) in [6.45, 7) is 3.72. The van der Waals surface area contributed by atoms with Gasteiger partial charge in [-0.15, -0.1) is 0 Å². The van der Waals surface area contributed by atoms with E-state index >= 15 is 0 Å². The van der Waals surface area contributed by atoms with Crippen LogP contribution in [-0.4, -0.2) is 23.9 Å². The zero-order valence-corrected chi connectivity index (χ0v) is 13.7. The first kappa shape index (κ1) is 18.0. The van der Waals surface area contributed by atoms with E-state index in [1.54, 1.807) is 0 Å². The van der Waals surface area contributed by atoms with Crippen molar-refractivity contribution in [3.63, 3.8) is 0 Å². The van der Waals surface area contributed by atoms with Crippen molar-refractivity contribution < 1.29 is 9.59 Å². The van der Waals surface area contributed by atoms with Crippen molar-refractivity contribution >= 4 is 11.8 Å². The molecule has 0 aromatic rings. The van der Waals surface area contributed by atoms with E-state index in [0.29, 0.717) is 0 Å². The summed E-state index contributed by atoms with van der Waals surface area (Å²) in [5.41, 5.74) is 0. The average molecular weight is 296 g/mol. The third-order valence-electron chi connectivity index (χ3n) is 4.07. The second kappa shape index (κ2) is 10.6. The number of hydrogen-bond donors (Lipinski definition) is 2. The van der Waals surface area contributed by atoms with Gasteiger partial charge in [-0.3, -0.25) is 9.59 Å². The Morgan fingerprint density at radius 2 is 1.19 bits per heavy atom. The van der Waals surface area contributed by atoms with Crippen LogP contribution in [0.2, 0.25) is 0 Å². The first-order valence-corrected chi connectivity index (χ1v) is 8.71. The van der Waals surface area contributed by atoms with Gasteiger partial charge in [-0.2, -0.15) is 0 Å². The van der Waals surface area contributed by atoms with Crippen molar-refractivity contribution in [1.29, 1.82) is 0 Å². The van der Waals surface area contributed by atoms with Crippen molar-refractivity contribution in [2.24, 2.45) is 0 Å². The van der Waals surface area contributed by atoms with Crippen LogP contribution in [0.1, 0.15) is 84.5 Å². The topological polar surface area (TPSA) is 58.2 Å². The summed E-state index contributed by atoms with van der Waals surface area (Å²) in [7, 11) is 0. The Kier molecular flexibility index (Phi) is 9.11. The maximum Gasteiger partial charge on any atom is 0.309 e. The fourth-order valence-electron chi connectivity index (χ4n) is 2.89. The lowest BCUT2D eigenvalue weighted by Crippen LogP contribution is -2.46. The highest BCUT2D eigenvalue weighted by Gasteiger charge is 2.18. The van der Waals surface area contributed by atoms with E-state index in [4.69, 9.17) is 0 Å². The Hall–Kier alpha value is -1.06. The smallest absolute Gasteiger partial charge is 0.309 e. The van der Waals surface area contributed by atoms with E-state index < -0.39 is 11.8 Å². The maximum absolute atomic E-state index is 11.9. The standard InChI is InChI=1S/C17H32N2O2/c1-14(2)18-16(20)17(21)19-15-12-10-8-6-4-3-5-7-9-11-13-15/h14-15H,3-13H2,1-2H3,(H,18,20)(H,19,21). The normalized spacial score (nSPS) is 19.4. The highest BCUT2D eigenvalue weighted by Crippen LogP contribution is 2.16. The van der Waals surface area contributed by atoms with Gasteiger partial charge in [0.25, 0.3) is 0 Å². The van der Waals surface area contributed by atoms with E-state index in [2.05, 4.69) is 10.6 Å². The van der Waals surface area contributed by atoms with Crippen LogP contribution in [0.3, 0.4) is 0 Å². The quantitative estimate of drug-likeness (QED) is 0.768. The average Bonchev–Trinajstić information content (AvgIpc) is 2.41. The number of rotatable bonds is 2. The monoisotopic (exact) mass is 296 g/mol. The summed E-state index contributed by atoms with van der Waals surface area (Å²) < 4.78 is 0. The molecule has 0 bridgehead atoms. The Bertz CT molecular complexity index is 304. The molecule has 0 unspecified atom stereocenters. The molecule has 4 nitrogen and oxygen atoms in total. The molecule has 1 rings (SSSR count). The molecule has 1 fully saturated rings. The molecule has 0 aromatic heterocycles. The largest absolute Gasteiger partial charge is 0.346 e. The Labute approximate surface area is 129 Å². The second-order valence-corrected chi connectivity index (χ2v) is 6.56. The van der Waals surface area contributed by atoms with Crippen molar-refractivity contribution in [3.05, 3.63) is 0 Å². The van der Waals surface area contributed by atoms with Crippen molar-refractivity contribution in [2.75, 3.05) is 0 Å². The molecule has 0 radical (unpaired) electrons. The lowest BCUT2D eigenvalue weighted by Gasteiger charge is -2.19. The van der Waals surface area contributed by atoms with E-state index in [9.17, 15) is 9.59 Å². The van der Waals surface area contributed by atoms with Gasteiger partial charge in [0.1, 0.15) is 0 Å². The van der Waals surface area contributed by atoms with Crippen molar-refractivity contribution in [1.82, 2.24) is 10.6 Å². The molecule has 2 N–H and O–H groups in total. The molecule has 0 saturated heterocycles. The molecule has 0 aliphatic heterocycles. The van der Waals surface area contributed by atoms with Crippen LogP contribution < -0.4 is 10.6 Å². The summed E-state index contributed by atoms with van der Waals surface area (Å²) in [6.07, 6.45) is 13.4. The minimum atomic E-state index is -0.504. The van der Waals surface area contributed by atoms with Crippen LogP contribution in [-0.2, 0) is 9.59 Å². The van der Waals surface area contributed by atoms with Gasteiger partial charge in [0.05, 0.1) is 0 Å². The second-order valence-electron chi connectivity index (χ2n) is 6.56. The summed E-state index contributed by atoms with van der Waals surface area (Å²) in [6, 6.07) is 0.161. The van der Waals surface area contributed by atoms with Crippen LogP contribution in [0, 0.1) is 0 Å². The third-order valence-corrected chi connectivity index (χ3v) is 4.07. The minimum absolute atomic E-state index is 0.000409. The van der Waals surface area contributed by atoms with Crippen molar-refractivity contribution in [3.8, 4) is 0 Å². The molecule has 1 aliphatic rings. The number of nitrogens with one attached hydrogen (secondary N) is 2. The molecule has 122 valence electrons. The number of carbonyl (C=O) groups excluding carboxylic acids is 2. The fraction of sp³-hybridized carbons (Fsp3) is 0.882. The van der Waals surface area contributed by atoms with E-state index in [0.717, 1.165) is 25.7 Å². The van der Waals surface area contributed by atoms with Gasteiger partial charge in [0, 0.05) is 12.1 Å². The first-order chi connectivity index (χ1) is 10.1. The molecular formula is C17H32N2O2. The summed E-state index contributed by atoms with van der Waals surface area (Å²) in [5.74, 6) is -0.975. The predicted octanol–water partition coefficient (Wildman–Crippen LogP) is 3.30. The zero-order valence-electron chi connectivity index (χ0n) is 13.7. The summed E-state index contributed by atoms with van der Waals surface area (Å²) in [4.78, 5) is 23.6. The zero-order chi connectivity index (χ0) is 15.5. The maximum atomic E-state index is 11.9. The Morgan fingerprint density at radius 3 is 1.62 bits per heavy atom. The van der Waals surface area contributed by atoms with Gasteiger partial charge in [0.2, 0.25) is 0 Å². The molecule has 1 aliphatic carbocycles. The van der Waals surface area contributed by atoms with Crippen LogP contribution >= 0.6 is 0 Å². The molecule has 21 heavy (non-hydrogen) atoms. The van der Waals surface area contributed by atoms with Gasteiger partial charge in [0.15, 0.2) is 0 Å². The minimum Gasteiger partial charge on any atom is -0.346 e. The SMILES string of the molecule is CC(C)NC(=O)C(=O)NC1CCCCCCCCCCC1. The van der Waals surface area contributed by atoms with Gasteiger partial charge in [-0.1, -0.05) is 57.8 Å². The molecule has 0 spiro atoms. The number of carbonyl (C=O) groups is 2. The van der Waals surface area contributed by atoms with Gasteiger partial charge >= 0.3 is 11.8 Å². The lowest BCUT2D eigenvalue weighted by molar-refractivity contribution is -0.140. The van der Waals surface area contributed by atoms with Crippen LogP contribution in [0.5, 0.6) is 0 Å². The lowest BCUT2D eigenvalue weighted by atomic mass is 9.98. The number of amides is 2. The van der Waals surface area contributed by atoms with Crippen molar-refractivity contribution in [2.45, 2.75) is 96.6 Å². The first-order valence-electron chi connectivity index (χ1n) is 8.71. The van der Waals surface area contributed by atoms with E-state index in [-0.39, 0.29) is 12.1 Å². The fourth-order valence-corrected chi connectivity index (χ4v) is 2.89. The molecule has 1 saturated carbocycles. The van der Waals surface area contributed by atoms with Crippen LogP contribution in [0.4, 0.5) is 0 Å². The van der Waals surface area contributed by atoms with E-state index in [1.165, 1.54) is 44.9 Å². The highest BCUT2D eigenvalue weighted by molar-refractivity contribution is 6.35. The Morgan fingerprint density at radius 1 is 0.762 bits per heavy atom. The molecule has 4 heteroatoms. The molecule has 0 heterocycles. The van der Waals surface area contributed by atoms with Gasteiger partial charge < -0.3 is 10.6 Å². The molecule has 2 amide bonds. The van der Waals surface area contributed by atoms with Gasteiger partial charge in [-0.05, 0) is 26.7 Å². The summed E-state index contributed by atoms with van der Waals surface area (Å²) in [5, 5.41) is 5.57. The van der Waals surface area contributed by atoms with E-state index in [1.807, 2.05) is 13.8 Å². The Balaban J connectivity index is 2.40. The number of hydrogen-bond acceptors (Lipinski definition) is 2. The summed E-state index contributed by atoms with van der Waals surface area (Å²) >= 11 is 0. The third kappa shape index (κ3) is 8.74. The predicted molar refractivity (Wildman–Crippen MR) is 86.0 cm³/mol. The van der Waals surface area contributed by atoms with Crippen LogP contribution in [0.15, 0.2) is 0 Å².